The van der Waals surface area contributed by atoms with Crippen molar-refractivity contribution in [3.63, 3.8) is 0 Å². The van der Waals surface area contributed by atoms with Crippen LogP contribution in [0.3, 0.4) is 0 Å². The van der Waals surface area contributed by atoms with Gasteiger partial charge in [0.15, 0.2) is 11.5 Å². The van der Waals surface area contributed by atoms with Crippen LogP contribution in [0.4, 0.5) is 11.6 Å². The molecule has 1 amide bonds. The Morgan fingerprint density at radius 2 is 1.91 bits per heavy atom. The molecular formula is C23H25N5O4. The first-order chi connectivity index (χ1) is 15.6. The molecule has 0 saturated heterocycles. The van der Waals surface area contributed by atoms with E-state index < -0.39 is 6.04 Å². The molecule has 1 aliphatic heterocycles. The van der Waals surface area contributed by atoms with Crippen LogP contribution in [0.5, 0.6) is 17.2 Å². The van der Waals surface area contributed by atoms with E-state index >= 15 is 0 Å². The van der Waals surface area contributed by atoms with Gasteiger partial charge < -0.3 is 24.8 Å². The number of para-hydroxylation sites is 2. The molecular weight excluding hydrogens is 410 g/mol. The number of benzene rings is 2. The quantitative estimate of drug-likeness (QED) is 0.585. The number of fused-ring (bicyclic) bond motifs is 1. The van der Waals surface area contributed by atoms with Crippen LogP contribution in [-0.4, -0.2) is 41.5 Å². The third-order valence-corrected chi connectivity index (χ3v) is 5.20. The van der Waals surface area contributed by atoms with Gasteiger partial charge >= 0.3 is 0 Å². The molecule has 166 valence electrons. The second-order valence-corrected chi connectivity index (χ2v) is 7.09. The van der Waals surface area contributed by atoms with Gasteiger partial charge in [0.2, 0.25) is 5.95 Å². The fourth-order valence-electron chi connectivity index (χ4n) is 3.76. The highest BCUT2D eigenvalue weighted by atomic mass is 16.5. The molecule has 1 atom stereocenters. The van der Waals surface area contributed by atoms with Gasteiger partial charge in [0.05, 0.1) is 32.1 Å². The number of rotatable bonds is 7. The number of carbonyl (C=O) groups is 1. The number of ether oxygens (including phenoxy) is 3. The Hall–Kier alpha value is -4.01. The Labute approximate surface area is 186 Å². The summed E-state index contributed by atoms with van der Waals surface area (Å²) in [6.07, 6.45) is 1.46. The molecule has 0 saturated carbocycles. The Bertz CT molecular complexity index is 1170. The molecule has 32 heavy (non-hydrogen) atoms. The van der Waals surface area contributed by atoms with Crippen molar-refractivity contribution in [3.05, 3.63) is 65.6 Å². The molecule has 0 spiro atoms. The smallest absolute Gasteiger partial charge is 0.255 e. The molecule has 9 nitrogen and oxygen atoms in total. The number of aromatic nitrogens is 3. The molecule has 2 heterocycles. The van der Waals surface area contributed by atoms with Crippen LogP contribution in [0, 0.1) is 0 Å². The molecule has 1 aromatic heterocycles. The van der Waals surface area contributed by atoms with E-state index in [4.69, 9.17) is 14.2 Å². The minimum Gasteiger partial charge on any atom is -0.495 e. The van der Waals surface area contributed by atoms with Crippen molar-refractivity contribution in [1.29, 1.82) is 0 Å². The predicted octanol–water partition coefficient (Wildman–Crippen LogP) is 3.62. The topological polar surface area (TPSA) is 99.5 Å². The van der Waals surface area contributed by atoms with Crippen molar-refractivity contribution < 1.29 is 19.0 Å². The first-order valence-corrected chi connectivity index (χ1v) is 10.2. The minimum absolute atomic E-state index is 0.278. The number of nitrogens with zero attached hydrogens (tertiary/aromatic N) is 3. The van der Waals surface area contributed by atoms with E-state index in [-0.39, 0.29) is 5.91 Å². The van der Waals surface area contributed by atoms with Crippen LogP contribution >= 0.6 is 0 Å². The SMILES string of the molecule is CCOc1cc(C2C(C(=O)Nc3ccccc3OC)=C(C)Nc3ncnn32)ccc1OC. The number of allylic oxidation sites excluding steroid dienone is 1. The van der Waals surface area contributed by atoms with Crippen LogP contribution in [-0.2, 0) is 4.79 Å². The number of methoxy groups -OCH3 is 2. The van der Waals surface area contributed by atoms with Crippen molar-refractivity contribution in [1.82, 2.24) is 14.8 Å². The molecule has 1 unspecified atom stereocenters. The average Bonchev–Trinajstić information content (AvgIpc) is 3.26. The maximum absolute atomic E-state index is 13.5. The van der Waals surface area contributed by atoms with Crippen LogP contribution in [0.15, 0.2) is 60.1 Å². The largest absolute Gasteiger partial charge is 0.495 e. The van der Waals surface area contributed by atoms with Gasteiger partial charge in [-0.05, 0) is 43.7 Å². The predicted molar refractivity (Wildman–Crippen MR) is 120 cm³/mol. The monoisotopic (exact) mass is 435 g/mol. The Kier molecular flexibility index (Phi) is 5.98. The zero-order valence-electron chi connectivity index (χ0n) is 18.4. The average molecular weight is 435 g/mol. The number of anilines is 2. The Balaban J connectivity index is 1.78. The van der Waals surface area contributed by atoms with Gasteiger partial charge in [-0.25, -0.2) is 4.68 Å². The molecule has 9 heteroatoms. The second-order valence-electron chi connectivity index (χ2n) is 7.09. The van der Waals surface area contributed by atoms with Crippen molar-refractivity contribution in [3.8, 4) is 17.2 Å². The lowest BCUT2D eigenvalue weighted by atomic mass is 9.94. The maximum atomic E-state index is 13.5. The van der Waals surface area contributed by atoms with Crippen molar-refractivity contribution >= 4 is 17.5 Å². The van der Waals surface area contributed by atoms with Crippen LogP contribution in [0.1, 0.15) is 25.5 Å². The number of carbonyl (C=O) groups excluding carboxylic acids is 1. The fourth-order valence-corrected chi connectivity index (χ4v) is 3.76. The summed E-state index contributed by atoms with van der Waals surface area (Å²) in [5.41, 5.74) is 2.57. The standard InChI is InChI=1S/C23H25N5O4/c1-5-32-19-12-15(10-11-18(19)31-4)21-20(14(2)26-23-24-13-25-28(21)23)22(29)27-16-8-6-7-9-17(16)30-3/h6-13,21H,5H2,1-4H3,(H,27,29)(H,24,25,26). The molecule has 0 fully saturated rings. The van der Waals surface area contributed by atoms with Gasteiger partial charge in [-0.3, -0.25) is 4.79 Å². The first-order valence-electron chi connectivity index (χ1n) is 10.2. The summed E-state index contributed by atoms with van der Waals surface area (Å²) in [4.78, 5) is 17.8. The number of hydrogen-bond acceptors (Lipinski definition) is 7. The van der Waals surface area contributed by atoms with E-state index in [0.29, 0.717) is 46.8 Å². The van der Waals surface area contributed by atoms with Crippen molar-refractivity contribution in [2.45, 2.75) is 19.9 Å². The highest BCUT2D eigenvalue weighted by Gasteiger charge is 2.34. The molecule has 0 radical (unpaired) electrons. The van der Waals surface area contributed by atoms with E-state index in [9.17, 15) is 4.79 Å². The van der Waals surface area contributed by atoms with Gasteiger partial charge in [-0.15, -0.1) is 0 Å². The van der Waals surface area contributed by atoms with E-state index in [0.717, 1.165) is 5.56 Å². The summed E-state index contributed by atoms with van der Waals surface area (Å²) in [5.74, 6) is 2.05. The van der Waals surface area contributed by atoms with E-state index in [1.807, 2.05) is 44.2 Å². The lowest BCUT2D eigenvalue weighted by Gasteiger charge is -2.29. The lowest BCUT2D eigenvalue weighted by molar-refractivity contribution is -0.113. The molecule has 1 aliphatic rings. The summed E-state index contributed by atoms with van der Waals surface area (Å²) in [6, 6.07) is 12.3. The van der Waals surface area contributed by atoms with E-state index in [1.54, 1.807) is 31.0 Å². The molecule has 3 aromatic rings. The van der Waals surface area contributed by atoms with Crippen molar-refractivity contribution in [2.24, 2.45) is 0 Å². The maximum Gasteiger partial charge on any atom is 0.255 e. The van der Waals surface area contributed by atoms with E-state index in [1.165, 1.54) is 6.33 Å². The van der Waals surface area contributed by atoms with Gasteiger partial charge in [-0.2, -0.15) is 10.1 Å². The summed E-state index contributed by atoms with van der Waals surface area (Å²) in [7, 11) is 3.16. The normalized spacial score (nSPS) is 14.9. The Morgan fingerprint density at radius 1 is 1.12 bits per heavy atom. The van der Waals surface area contributed by atoms with Gasteiger partial charge in [0.1, 0.15) is 18.1 Å². The minimum atomic E-state index is -0.520. The third-order valence-electron chi connectivity index (χ3n) is 5.20. The van der Waals surface area contributed by atoms with Crippen molar-refractivity contribution in [2.75, 3.05) is 31.5 Å². The van der Waals surface area contributed by atoms with Crippen LogP contribution in [0.25, 0.3) is 0 Å². The molecule has 4 rings (SSSR count). The first kappa shape index (κ1) is 21.2. The lowest BCUT2D eigenvalue weighted by Crippen LogP contribution is -2.31. The fraction of sp³-hybridized carbons (Fsp3) is 0.261. The molecule has 0 aliphatic carbocycles. The summed E-state index contributed by atoms with van der Waals surface area (Å²) in [6.45, 7) is 4.23. The summed E-state index contributed by atoms with van der Waals surface area (Å²) < 4.78 is 18.2. The summed E-state index contributed by atoms with van der Waals surface area (Å²) >= 11 is 0. The molecule has 0 bridgehead atoms. The highest BCUT2D eigenvalue weighted by Crippen LogP contribution is 2.39. The molecule has 2 aromatic carbocycles. The van der Waals surface area contributed by atoms with Crippen LogP contribution in [0.2, 0.25) is 0 Å². The third kappa shape index (κ3) is 3.84. The zero-order valence-corrected chi connectivity index (χ0v) is 18.4. The molecule has 2 N–H and O–H groups in total. The number of amides is 1. The van der Waals surface area contributed by atoms with Gasteiger partial charge in [-0.1, -0.05) is 18.2 Å². The number of hydrogen-bond donors (Lipinski definition) is 2. The zero-order chi connectivity index (χ0) is 22.7. The summed E-state index contributed by atoms with van der Waals surface area (Å²) in [5, 5.41) is 10.5. The van der Waals surface area contributed by atoms with Crippen LogP contribution < -0.4 is 24.8 Å². The highest BCUT2D eigenvalue weighted by molar-refractivity contribution is 6.06. The Morgan fingerprint density at radius 3 is 2.66 bits per heavy atom. The van der Waals surface area contributed by atoms with Gasteiger partial charge in [0, 0.05) is 5.70 Å². The second kappa shape index (κ2) is 9.01. The number of nitrogens with one attached hydrogen (secondary N) is 2. The van der Waals surface area contributed by atoms with Gasteiger partial charge in [0.25, 0.3) is 5.91 Å². The van der Waals surface area contributed by atoms with E-state index in [2.05, 4.69) is 20.7 Å².